The molecule has 1 nitrogen and oxygen atoms in total. The van der Waals surface area contributed by atoms with Crippen LogP contribution in [0.2, 0.25) is 0 Å². The highest BCUT2D eigenvalue weighted by atomic mass is 127. The Balaban J connectivity index is 3.03. The van der Waals surface area contributed by atoms with Crippen molar-refractivity contribution >= 4 is 22.6 Å². The molecule has 0 fully saturated rings. The zero-order valence-corrected chi connectivity index (χ0v) is 9.76. The summed E-state index contributed by atoms with van der Waals surface area (Å²) in [5.41, 5.74) is 0.933. The molecule has 0 aliphatic rings. The monoisotopic (exact) mass is 293 g/mol. The molecule has 0 N–H and O–H groups in total. The van der Waals surface area contributed by atoms with Crippen molar-refractivity contribution in [3.8, 4) is 5.75 Å². The van der Waals surface area contributed by atoms with Crippen LogP contribution in [-0.4, -0.2) is 13.8 Å². The molecular formula is C10H11FIO. The summed E-state index contributed by atoms with van der Waals surface area (Å²) < 4.78 is 18.5. The maximum Gasteiger partial charge on any atom is 0.119 e. The highest BCUT2D eigenvalue weighted by molar-refractivity contribution is 14.1. The molecule has 0 saturated heterocycles. The van der Waals surface area contributed by atoms with E-state index in [9.17, 15) is 4.39 Å². The largest absolute Gasteiger partial charge is 0.497 e. The molecule has 1 aromatic rings. The lowest BCUT2D eigenvalue weighted by atomic mass is 10.0. The van der Waals surface area contributed by atoms with E-state index in [-0.39, 0.29) is 0 Å². The average Bonchev–Trinajstić information content (AvgIpc) is 2.17. The second kappa shape index (κ2) is 4.79. The lowest BCUT2D eigenvalue weighted by Crippen LogP contribution is -2.00. The lowest BCUT2D eigenvalue weighted by Gasteiger charge is -2.10. The zero-order chi connectivity index (χ0) is 9.84. The maximum atomic E-state index is 12.4. The van der Waals surface area contributed by atoms with Gasteiger partial charge in [0.2, 0.25) is 0 Å². The number of alkyl halides is 1. The Morgan fingerprint density at radius 1 is 1.54 bits per heavy atom. The van der Waals surface area contributed by atoms with Gasteiger partial charge in [0.25, 0.3) is 0 Å². The Morgan fingerprint density at radius 2 is 2.23 bits per heavy atom. The fourth-order valence-electron chi connectivity index (χ4n) is 1.03. The smallest absolute Gasteiger partial charge is 0.119 e. The third-order valence-electron chi connectivity index (χ3n) is 1.83. The Labute approximate surface area is 91.4 Å². The second-order valence-electron chi connectivity index (χ2n) is 2.76. The van der Waals surface area contributed by atoms with Crippen molar-refractivity contribution < 1.29 is 9.13 Å². The van der Waals surface area contributed by atoms with Crippen LogP contribution in [0.15, 0.2) is 18.2 Å². The number of ether oxygens (including phenoxy) is 1. The van der Waals surface area contributed by atoms with E-state index in [1.54, 1.807) is 14.0 Å². The van der Waals surface area contributed by atoms with Gasteiger partial charge in [-0.05, 0) is 46.4 Å². The number of benzene rings is 1. The Morgan fingerprint density at radius 3 is 2.77 bits per heavy atom. The van der Waals surface area contributed by atoms with Gasteiger partial charge in [-0.1, -0.05) is 6.92 Å². The molecule has 0 aliphatic carbocycles. The first kappa shape index (κ1) is 10.8. The molecule has 0 heterocycles. The van der Waals surface area contributed by atoms with Gasteiger partial charge in [0.15, 0.2) is 0 Å². The van der Waals surface area contributed by atoms with Crippen molar-refractivity contribution in [3.63, 3.8) is 0 Å². The molecule has 71 valence electrons. The topological polar surface area (TPSA) is 9.23 Å². The Kier molecular flexibility index (Phi) is 3.96. The normalized spacial score (nSPS) is 10.5. The van der Waals surface area contributed by atoms with Crippen LogP contribution in [0.3, 0.4) is 0 Å². The number of hydrogen-bond donors (Lipinski definition) is 0. The SMILES string of the molecule is COc1ccc(I)c([C](C)CF)c1. The third-order valence-corrected chi connectivity index (χ3v) is 2.77. The predicted octanol–water partition coefficient (Wildman–Crippen LogP) is 3.21. The summed E-state index contributed by atoms with van der Waals surface area (Å²) in [6.07, 6.45) is 0. The third kappa shape index (κ3) is 2.56. The first-order valence-corrected chi connectivity index (χ1v) is 4.99. The van der Waals surface area contributed by atoms with E-state index in [0.29, 0.717) is 0 Å². The van der Waals surface area contributed by atoms with Gasteiger partial charge >= 0.3 is 0 Å². The van der Waals surface area contributed by atoms with E-state index in [4.69, 9.17) is 4.74 Å². The number of rotatable bonds is 3. The summed E-state index contributed by atoms with van der Waals surface area (Å²) >= 11 is 2.19. The lowest BCUT2D eigenvalue weighted by molar-refractivity contribution is 0.414. The molecule has 0 saturated carbocycles. The standard InChI is InChI=1S/C10H11FIO/c1-7(6-11)9-5-8(13-2)3-4-10(9)12/h3-5H,6H2,1-2H3. The molecule has 0 atom stereocenters. The van der Waals surface area contributed by atoms with Crippen molar-refractivity contribution in [1.82, 2.24) is 0 Å². The van der Waals surface area contributed by atoms with Crippen LogP contribution in [0.1, 0.15) is 12.5 Å². The highest BCUT2D eigenvalue weighted by Crippen LogP contribution is 2.25. The van der Waals surface area contributed by atoms with Crippen LogP contribution < -0.4 is 4.74 Å². The minimum Gasteiger partial charge on any atom is -0.497 e. The number of halogens is 2. The van der Waals surface area contributed by atoms with Crippen molar-refractivity contribution in [2.75, 3.05) is 13.8 Å². The summed E-state index contributed by atoms with van der Waals surface area (Å²) in [4.78, 5) is 0. The van der Waals surface area contributed by atoms with Gasteiger partial charge in [0.1, 0.15) is 5.75 Å². The molecule has 0 amide bonds. The van der Waals surface area contributed by atoms with Crippen molar-refractivity contribution in [1.29, 1.82) is 0 Å². The van der Waals surface area contributed by atoms with Gasteiger partial charge in [-0.2, -0.15) is 0 Å². The van der Waals surface area contributed by atoms with Crippen molar-refractivity contribution in [3.05, 3.63) is 33.3 Å². The molecule has 0 unspecified atom stereocenters. The second-order valence-corrected chi connectivity index (χ2v) is 3.92. The molecule has 1 aromatic carbocycles. The van der Waals surface area contributed by atoms with Crippen LogP contribution in [0.4, 0.5) is 4.39 Å². The fraction of sp³-hybridized carbons (Fsp3) is 0.300. The van der Waals surface area contributed by atoms with Crippen molar-refractivity contribution in [2.45, 2.75) is 6.92 Å². The molecule has 0 aromatic heterocycles. The summed E-state index contributed by atoms with van der Waals surface area (Å²) in [6.45, 7) is 1.38. The number of hydrogen-bond acceptors (Lipinski definition) is 1. The van der Waals surface area contributed by atoms with E-state index in [2.05, 4.69) is 22.6 Å². The molecule has 1 rings (SSSR count). The van der Waals surface area contributed by atoms with Crippen LogP contribution in [0, 0.1) is 9.49 Å². The molecular weight excluding hydrogens is 282 g/mol. The Hall–Kier alpha value is -0.320. The van der Waals surface area contributed by atoms with Gasteiger partial charge < -0.3 is 4.74 Å². The molecule has 1 radical (unpaired) electrons. The van der Waals surface area contributed by atoms with Crippen LogP contribution in [-0.2, 0) is 0 Å². The van der Waals surface area contributed by atoms with Gasteiger partial charge in [-0.25, -0.2) is 0 Å². The highest BCUT2D eigenvalue weighted by Gasteiger charge is 2.10. The van der Waals surface area contributed by atoms with Crippen LogP contribution in [0.5, 0.6) is 5.75 Å². The van der Waals surface area contributed by atoms with E-state index in [1.165, 1.54) is 0 Å². The molecule has 0 spiro atoms. The molecule has 3 heteroatoms. The van der Waals surface area contributed by atoms with Gasteiger partial charge in [-0.15, -0.1) is 0 Å². The summed E-state index contributed by atoms with van der Waals surface area (Å²) in [7, 11) is 1.61. The van der Waals surface area contributed by atoms with E-state index < -0.39 is 6.67 Å². The van der Waals surface area contributed by atoms with Gasteiger partial charge in [0, 0.05) is 9.49 Å². The minimum absolute atomic E-state index is 0.414. The molecule has 0 aliphatic heterocycles. The Bertz CT molecular complexity index is 288. The molecule has 13 heavy (non-hydrogen) atoms. The first-order valence-electron chi connectivity index (χ1n) is 3.91. The van der Waals surface area contributed by atoms with Gasteiger partial charge in [0.05, 0.1) is 13.8 Å². The summed E-state index contributed by atoms with van der Waals surface area (Å²) in [5, 5.41) is 0. The maximum absolute atomic E-state index is 12.4. The minimum atomic E-state index is -0.414. The van der Waals surface area contributed by atoms with E-state index in [1.807, 2.05) is 18.2 Å². The summed E-state index contributed by atoms with van der Waals surface area (Å²) in [6, 6.07) is 5.65. The first-order chi connectivity index (χ1) is 6.19. The summed E-state index contributed by atoms with van der Waals surface area (Å²) in [5.74, 6) is 1.51. The van der Waals surface area contributed by atoms with Crippen LogP contribution >= 0.6 is 22.6 Å². The predicted molar refractivity (Wildman–Crippen MR) is 59.7 cm³/mol. The van der Waals surface area contributed by atoms with E-state index >= 15 is 0 Å². The number of methoxy groups -OCH3 is 1. The van der Waals surface area contributed by atoms with E-state index in [0.717, 1.165) is 20.8 Å². The van der Waals surface area contributed by atoms with Gasteiger partial charge in [-0.3, -0.25) is 4.39 Å². The van der Waals surface area contributed by atoms with Crippen molar-refractivity contribution in [2.24, 2.45) is 0 Å². The average molecular weight is 293 g/mol. The fourth-order valence-corrected chi connectivity index (χ4v) is 1.83. The quantitative estimate of drug-likeness (QED) is 0.778. The molecule has 0 bridgehead atoms. The van der Waals surface area contributed by atoms with Crippen LogP contribution in [0.25, 0.3) is 0 Å². The zero-order valence-electron chi connectivity index (χ0n) is 7.60.